The second-order valence-electron chi connectivity index (χ2n) is 6.05. The van der Waals surface area contributed by atoms with Gasteiger partial charge in [-0.15, -0.1) is 0 Å². The summed E-state index contributed by atoms with van der Waals surface area (Å²) < 4.78 is 16.6. The predicted molar refractivity (Wildman–Crippen MR) is 91.2 cm³/mol. The van der Waals surface area contributed by atoms with Crippen LogP contribution in [-0.2, 0) is 0 Å². The Morgan fingerprint density at radius 3 is 2.72 bits per heavy atom. The van der Waals surface area contributed by atoms with Gasteiger partial charge in [-0.2, -0.15) is 5.26 Å². The number of allylic oxidation sites excluding steroid dienone is 1. The molecule has 2 aromatic rings. The van der Waals surface area contributed by atoms with E-state index in [1.807, 2.05) is 26.0 Å². The highest BCUT2D eigenvalue weighted by Crippen LogP contribution is 2.43. The lowest BCUT2D eigenvalue weighted by atomic mass is 9.84. The van der Waals surface area contributed by atoms with E-state index in [9.17, 15) is 10.1 Å². The smallest absolute Gasteiger partial charge is 0.343 e. The van der Waals surface area contributed by atoms with Crippen molar-refractivity contribution >= 4 is 0 Å². The summed E-state index contributed by atoms with van der Waals surface area (Å²) >= 11 is 0. The third-order valence-corrected chi connectivity index (χ3v) is 3.85. The second kappa shape index (κ2) is 6.36. The molecule has 1 aromatic carbocycles. The lowest BCUT2D eigenvalue weighted by Gasteiger charge is -2.27. The summed E-state index contributed by atoms with van der Waals surface area (Å²) in [6.45, 7) is 5.46. The number of benzene rings is 1. The summed E-state index contributed by atoms with van der Waals surface area (Å²) in [7, 11) is 0. The molecule has 2 N–H and O–H groups in total. The predicted octanol–water partition coefficient (Wildman–Crippen LogP) is 2.95. The molecule has 0 fully saturated rings. The molecular formula is C19H18N2O4. The van der Waals surface area contributed by atoms with Crippen LogP contribution in [-0.4, -0.2) is 6.10 Å². The lowest BCUT2D eigenvalue weighted by molar-refractivity contribution is 0.239. The third kappa shape index (κ3) is 2.96. The van der Waals surface area contributed by atoms with Crippen molar-refractivity contribution in [2.45, 2.75) is 32.8 Å². The number of hydrogen-bond donors (Lipinski definition) is 1. The van der Waals surface area contributed by atoms with E-state index >= 15 is 0 Å². The highest BCUT2D eigenvalue weighted by molar-refractivity contribution is 5.57. The molecule has 0 bridgehead atoms. The van der Waals surface area contributed by atoms with Gasteiger partial charge in [0.15, 0.2) is 0 Å². The molecule has 0 spiro atoms. The van der Waals surface area contributed by atoms with Crippen molar-refractivity contribution in [1.29, 1.82) is 5.26 Å². The molecule has 0 saturated heterocycles. The Labute approximate surface area is 145 Å². The van der Waals surface area contributed by atoms with Crippen LogP contribution in [0.5, 0.6) is 11.5 Å². The quantitative estimate of drug-likeness (QED) is 0.924. The van der Waals surface area contributed by atoms with Crippen molar-refractivity contribution in [2.75, 3.05) is 0 Å². The fourth-order valence-corrected chi connectivity index (χ4v) is 2.91. The van der Waals surface area contributed by atoms with Crippen LogP contribution in [0.3, 0.4) is 0 Å². The van der Waals surface area contributed by atoms with Crippen LogP contribution in [0.4, 0.5) is 0 Å². The fraction of sp³-hybridized carbons (Fsp3) is 0.263. The molecule has 128 valence electrons. The first-order valence-corrected chi connectivity index (χ1v) is 7.90. The molecular weight excluding hydrogens is 320 g/mol. The first kappa shape index (κ1) is 16.7. The summed E-state index contributed by atoms with van der Waals surface area (Å²) in [5.74, 6) is 0.554. The topological polar surface area (TPSA) is 98.5 Å². The van der Waals surface area contributed by atoms with Gasteiger partial charge in [-0.25, -0.2) is 4.79 Å². The summed E-state index contributed by atoms with van der Waals surface area (Å²) in [5.41, 5.74) is 6.45. The lowest BCUT2D eigenvalue weighted by Crippen LogP contribution is -2.26. The normalized spacial score (nSPS) is 16.2. The minimum atomic E-state index is -0.708. The van der Waals surface area contributed by atoms with Gasteiger partial charge in [-0.3, -0.25) is 0 Å². The van der Waals surface area contributed by atoms with Crippen LogP contribution in [0.2, 0.25) is 0 Å². The van der Waals surface area contributed by atoms with E-state index in [4.69, 9.17) is 19.6 Å². The van der Waals surface area contributed by atoms with Crippen LogP contribution >= 0.6 is 0 Å². The van der Waals surface area contributed by atoms with Crippen LogP contribution in [0, 0.1) is 18.3 Å². The first-order valence-electron chi connectivity index (χ1n) is 7.90. The van der Waals surface area contributed by atoms with Crippen LogP contribution in [0.25, 0.3) is 0 Å². The van der Waals surface area contributed by atoms with Gasteiger partial charge in [0.05, 0.1) is 17.6 Å². The Bertz CT molecular complexity index is 951. The zero-order valence-electron chi connectivity index (χ0n) is 14.2. The molecule has 1 aliphatic heterocycles. The van der Waals surface area contributed by atoms with Gasteiger partial charge < -0.3 is 19.6 Å². The number of rotatable bonds is 3. The molecule has 0 unspecified atom stereocenters. The Morgan fingerprint density at radius 1 is 1.32 bits per heavy atom. The molecule has 1 atom stereocenters. The molecule has 0 radical (unpaired) electrons. The molecule has 0 aliphatic carbocycles. The van der Waals surface area contributed by atoms with Crippen LogP contribution in [0.1, 0.15) is 36.7 Å². The van der Waals surface area contributed by atoms with Crippen molar-refractivity contribution in [3.8, 4) is 17.6 Å². The Hall–Kier alpha value is -3.20. The fourth-order valence-electron chi connectivity index (χ4n) is 2.91. The highest BCUT2D eigenvalue weighted by Gasteiger charge is 2.35. The number of nitrogens with zero attached hydrogens (tertiary/aromatic N) is 1. The number of ether oxygens (including phenoxy) is 2. The van der Waals surface area contributed by atoms with E-state index in [0.29, 0.717) is 22.8 Å². The van der Waals surface area contributed by atoms with E-state index in [-0.39, 0.29) is 23.1 Å². The SMILES string of the molecule is Cc1cc2c(c(=O)o1)[C@@H](c1ccccc1OC(C)C)C(C#N)=C(N)O2. The minimum absolute atomic E-state index is 0.0237. The van der Waals surface area contributed by atoms with Crippen molar-refractivity contribution in [2.24, 2.45) is 5.73 Å². The van der Waals surface area contributed by atoms with Crippen molar-refractivity contribution < 1.29 is 13.9 Å². The van der Waals surface area contributed by atoms with Gasteiger partial charge in [0.1, 0.15) is 28.9 Å². The van der Waals surface area contributed by atoms with Gasteiger partial charge in [0, 0.05) is 11.6 Å². The molecule has 0 amide bonds. The average molecular weight is 338 g/mol. The number of para-hydroxylation sites is 1. The Kier molecular flexibility index (Phi) is 4.24. The molecule has 25 heavy (non-hydrogen) atoms. The van der Waals surface area contributed by atoms with Gasteiger partial charge in [0.25, 0.3) is 0 Å². The largest absolute Gasteiger partial charge is 0.491 e. The summed E-state index contributed by atoms with van der Waals surface area (Å²) in [6.07, 6.45) is -0.0678. The van der Waals surface area contributed by atoms with Gasteiger partial charge in [-0.05, 0) is 26.8 Å². The molecule has 2 heterocycles. The average Bonchev–Trinajstić information content (AvgIpc) is 2.53. The summed E-state index contributed by atoms with van der Waals surface area (Å²) in [4.78, 5) is 12.5. The maximum absolute atomic E-state index is 12.5. The van der Waals surface area contributed by atoms with Crippen LogP contribution in [0.15, 0.2) is 51.0 Å². The summed E-state index contributed by atoms with van der Waals surface area (Å²) in [5, 5.41) is 9.60. The maximum Gasteiger partial charge on any atom is 0.343 e. The van der Waals surface area contributed by atoms with Crippen molar-refractivity contribution in [3.63, 3.8) is 0 Å². The molecule has 0 saturated carbocycles. The van der Waals surface area contributed by atoms with E-state index in [2.05, 4.69) is 6.07 Å². The standard InChI is InChI=1S/C19H18N2O4/c1-10(2)23-14-7-5-4-6-12(14)16-13(9-20)18(21)25-15-8-11(3)24-19(22)17(15)16/h4-8,10,16H,21H2,1-3H3/t16-/m0/s1. The first-order chi connectivity index (χ1) is 11.9. The molecule has 1 aliphatic rings. The van der Waals surface area contributed by atoms with E-state index in [1.54, 1.807) is 25.1 Å². The summed E-state index contributed by atoms with van der Waals surface area (Å²) in [6, 6.07) is 10.9. The number of fused-ring (bicyclic) bond motifs is 1. The molecule has 1 aromatic heterocycles. The van der Waals surface area contributed by atoms with Crippen LogP contribution < -0.4 is 20.8 Å². The number of hydrogen-bond acceptors (Lipinski definition) is 6. The minimum Gasteiger partial charge on any atom is -0.491 e. The van der Waals surface area contributed by atoms with E-state index < -0.39 is 11.5 Å². The monoisotopic (exact) mass is 338 g/mol. The van der Waals surface area contributed by atoms with E-state index in [0.717, 1.165) is 0 Å². The zero-order valence-corrected chi connectivity index (χ0v) is 14.2. The molecule has 3 rings (SSSR count). The third-order valence-electron chi connectivity index (χ3n) is 3.85. The molecule has 6 nitrogen and oxygen atoms in total. The van der Waals surface area contributed by atoms with Gasteiger partial charge in [0.2, 0.25) is 5.88 Å². The number of nitrogens with two attached hydrogens (primary N) is 1. The molecule has 6 heteroatoms. The van der Waals surface area contributed by atoms with Gasteiger partial charge in [-0.1, -0.05) is 18.2 Å². The second-order valence-corrected chi connectivity index (χ2v) is 6.05. The highest BCUT2D eigenvalue weighted by atomic mass is 16.5. The van der Waals surface area contributed by atoms with Crippen molar-refractivity contribution in [1.82, 2.24) is 0 Å². The van der Waals surface area contributed by atoms with Gasteiger partial charge >= 0.3 is 5.63 Å². The Balaban J connectivity index is 2.29. The number of nitriles is 1. The Morgan fingerprint density at radius 2 is 2.04 bits per heavy atom. The maximum atomic E-state index is 12.5. The number of aryl methyl sites for hydroxylation is 1. The zero-order chi connectivity index (χ0) is 18.1. The van der Waals surface area contributed by atoms with Crippen molar-refractivity contribution in [3.05, 3.63) is 69.1 Å². The van der Waals surface area contributed by atoms with E-state index in [1.165, 1.54) is 0 Å².